The average Bonchev–Trinajstić information content (AvgIpc) is 3.19. The summed E-state index contributed by atoms with van der Waals surface area (Å²) < 4.78 is 10.6. The van der Waals surface area contributed by atoms with Gasteiger partial charge in [0.1, 0.15) is 5.75 Å². The number of fused-ring (bicyclic) bond motifs is 1. The van der Waals surface area contributed by atoms with Crippen LogP contribution in [-0.2, 0) is 22.5 Å². The molecule has 0 spiro atoms. The number of thiophene rings is 1. The molecule has 0 radical (unpaired) electrons. The first-order chi connectivity index (χ1) is 15.5. The molecule has 1 aliphatic heterocycles. The first-order valence-electron chi connectivity index (χ1n) is 11.3. The lowest BCUT2D eigenvalue weighted by Crippen LogP contribution is -2.26. The van der Waals surface area contributed by atoms with E-state index in [0.717, 1.165) is 31.8 Å². The molecule has 3 aromatic rings. The van der Waals surface area contributed by atoms with Crippen molar-refractivity contribution in [2.45, 2.75) is 39.7 Å². The number of carbonyl (C=O) groups excluding carboxylic acids is 1. The number of esters is 1. The molecule has 0 amide bonds. The minimum atomic E-state index is -0.331. The van der Waals surface area contributed by atoms with Gasteiger partial charge in [-0.15, -0.1) is 11.3 Å². The zero-order valence-corrected chi connectivity index (χ0v) is 19.9. The van der Waals surface area contributed by atoms with Gasteiger partial charge in [0, 0.05) is 29.4 Å². The van der Waals surface area contributed by atoms with E-state index in [1.807, 2.05) is 17.4 Å². The Balaban J connectivity index is 1.40. The Labute approximate surface area is 194 Å². The second kappa shape index (κ2) is 10.3. The van der Waals surface area contributed by atoms with Gasteiger partial charge < -0.3 is 9.47 Å². The number of nitrogens with zero attached hydrogens (tertiary/aromatic N) is 1. The van der Waals surface area contributed by atoms with Gasteiger partial charge in [-0.2, -0.15) is 0 Å². The fourth-order valence-electron chi connectivity index (χ4n) is 4.25. The molecular weight excluding hydrogens is 418 g/mol. The Morgan fingerprint density at radius 1 is 1.12 bits per heavy atom. The third kappa shape index (κ3) is 5.59. The highest BCUT2D eigenvalue weighted by molar-refractivity contribution is 7.15. The van der Waals surface area contributed by atoms with Crippen LogP contribution in [0.25, 0.3) is 10.4 Å². The molecule has 4 nitrogen and oxygen atoms in total. The van der Waals surface area contributed by atoms with Crippen molar-refractivity contribution >= 4 is 17.3 Å². The van der Waals surface area contributed by atoms with E-state index in [4.69, 9.17) is 9.47 Å². The Morgan fingerprint density at radius 3 is 2.72 bits per heavy atom. The van der Waals surface area contributed by atoms with Gasteiger partial charge in [-0.1, -0.05) is 42.8 Å². The maximum atomic E-state index is 11.6. The lowest BCUT2D eigenvalue weighted by atomic mass is 9.95. The Morgan fingerprint density at radius 2 is 1.94 bits per heavy atom. The Kier molecular flexibility index (Phi) is 7.28. The summed E-state index contributed by atoms with van der Waals surface area (Å²) in [7, 11) is 0. The van der Waals surface area contributed by atoms with Crippen LogP contribution in [0.4, 0.5) is 0 Å². The van der Waals surface area contributed by atoms with Gasteiger partial charge in [0.25, 0.3) is 0 Å². The third-order valence-electron chi connectivity index (χ3n) is 5.92. The molecule has 1 aliphatic rings. The van der Waals surface area contributed by atoms with Crippen molar-refractivity contribution in [2.24, 2.45) is 0 Å². The molecule has 1 atom stereocenters. The van der Waals surface area contributed by atoms with E-state index in [1.54, 1.807) is 6.92 Å². The second-order valence-electron chi connectivity index (χ2n) is 8.47. The molecule has 168 valence electrons. The summed E-state index contributed by atoms with van der Waals surface area (Å²) in [4.78, 5) is 16.9. The number of hydrogen-bond acceptors (Lipinski definition) is 5. The normalized spacial score (nSPS) is 16.3. The smallest absolute Gasteiger partial charge is 0.344 e. The van der Waals surface area contributed by atoms with Gasteiger partial charge >= 0.3 is 5.97 Å². The highest BCUT2D eigenvalue weighted by atomic mass is 32.1. The molecule has 0 saturated carbocycles. The lowest BCUT2D eigenvalue weighted by molar-refractivity contribution is -0.145. The molecule has 5 heteroatoms. The van der Waals surface area contributed by atoms with Crippen molar-refractivity contribution in [2.75, 3.05) is 26.3 Å². The van der Waals surface area contributed by atoms with Crippen LogP contribution in [0.2, 0.25) is 0 Å². The van der Waals surface area contributed by atoms with E-state index in [2.05, 4.69) is 67.3 Å². The first-order valence-corrected chi connectivity index (χ1v) is 12.1. The zero-order chi connectivity index (χ0) is 22.5. The zero-order valence-electron chi connectivity index (χ0n) is 19.1. The number of carbonyl (C=O) groups is 1. The summed E-state index contributed by atoms with van der Waals surface area (Å²) in [5.74, 6) is 0.802. The molecule has 4 rings (SSSR count). The van der Waals surface area contributed by atoms with E-state index in [-0.39, 0.29) is 12.6 Å². The molecule has 1 unspecified atom stereocenters. The molecule has 0 fully saturated rings. The number of ether oxygens (including phenoxy) is 2. The van der Waals surface area contributed by atoms with E-state index in [1.165, 1.54) is 32.0 Å². The van der Waals surface area contributed by atoms with Gasteiger partial charge in [-0.05, 0) is 67.1 Å². The van der Waals surface area contributed by atoms with E-state index in [9.17, 15) is 4.79 Å². The summed E-state index contributed by atoms with van der Waals surface area (Å²) in [6.07, 6.45) is 1.02. The number of benzene rings is 2. The van der Waals surface area contributed by atoms with Gasteiger partial charge in [-0.25, -0.2) is 4.79 Å². The maximum absolute atomic E-state index is 11.6. The van der Waals surface area contributed by atoms with Crippen LogP contribution in [0.1, 0.15) is 41.3 Å². The van der Waals surface area contributed by atoms with E-state index >= 15 is 0 Å². The first kappa shape index (κ1) is 22.6. The number of rotatable bonds is 7. The Hall–Kier alpha value is -2.63. The predicted octanol–water partition coefficient (Wildman–Crippen LogP) is 5.83. The van der Waals surface area contributed by atoms with Gasteiger partial charge in [0.15, 0.2) is 6.61 Å². The van der Waals surface area contributed by atoms with Gasteiger partial charge in [0.2, 0.25) is 0 Å². The van der Waals surface area contributed by atoms with Gasteiger partial charge in [-0.3, -0.25) is 4.90 Å². The van der Waals surface area contributed by atoms with Crippen LogP contribution >= 0.6 is 11.3 Å². The molecule has 0 N–H and O–H groups in total. The quantitative estimate of drug-likeness (QED) is 0.426. The van der Waals surface area contributed by atoms with E-state index < -0.39 is 0 Å². The summed E-state index contributed by atoms with van der Waals surface area (Å²) >= 11 is 1.89. The molecule has 1 aromatic heterocycles. The standard InChI is InChI=1S/C27H31NO3S/c1-4-30-27(29)18-31-23-10-9-21-13-14-28(16-20(3)25(21)15-23)17-24-11-12-26(32-24)22-7-5-19(2)6-8-22/h5-12,15,20H,4,13-14,16-18H2,1-3H3. The van der Waals surface area contributed by atoms with Crippen molar-refractivity contribution in [3.05, 3.63) is 76.2 Å². The van der Waals surface area contributed by atoms with Crippen LogP contribution in [-0.4, -0.2) is 37.2 Å². The lowest BCUT2D eigenvalue weighted by Gasteiger charge is -2.22. The SMILES string of the molecule is CCOC(=O)COc1ccc2c(c1)C(C)CN(Cc1ccc(-c3ccc(C)cc3)s1)CC2. The van der Waals surface area contributed by atoms with Crippen LogP contribution in [0.5, 0.6) is 5.75 Å². The average molecular weight is 450 g/mol. The highest BCUT2D eigenvalue weighted by Gasteiger charge is 2.21. The minimum absolute atomic E-state index is 0.0468. The molecule has 0 saturated heterocycles. The van der Waals surface area contributed by atoms with Crippen LogP contribution in [0, 0.1) is 6.92 Å². The fraction of sp³-hybridized carbons (Fsp3) is 0.370. The summed E-state index contributed by atoms with van der Waals surface area (Å²) in [6.45, 7) is 9.54. The third-order valence-corrected chi connectivity index (χ3v) is 7.04. The van der Waals surface area contributed by atoms with Crippen LogP contribution in [0.15, 0.2) is 54.6 Å². The highest BCUT2D eigenvalue weighted by Crippen LogP contribution is 2.32. The molecule has 0 bridgehead atoms. The monoisotopic (exact) mass is 449 g/mol. The molecule has 2 aromatic carbocycles. The van der Waals surface area contributed by atoms with E-state index in [0.29, 0.717) is 12.5 Å². The largest absolute Gasteiger partial charge is 0.482 e. The van der Waals surface area contributed by atoms with Crippen molar-refractivity contribution in [3.8, 4) is 16.2 Å². The van der Waals surface area contributed by atoms with Crippen molar-refractivity contribution in [1.29, 1.82) is 0 Å². The topological polar surface area (TPSA) is 38.8 Å². The number of hydrogen-bond donors (Lipinski definition) is 0. The van der Waals surface area contributed by atoms with Gasteiger partial charge in [0.05, 0.1) is 6.61 Å². The maximum Gasteiger partial charge on any atom is 0.344 e. The summed E-state index contributed by atoms with van der Waals surface area (Å²) in [5, 5.41) is 0. The summed E-state index contributed by atoms with van der Waals surface area (Å²) in [5.41, 5.74) is 5.27. The Bertz CT molecular complexity index is 1060. The second-order valence-corrected chi connectivity index (χ2v) is 9.64. The van der Waals surface area contributed by atoms with Crippen molar-refractivity contribution < 1.29 is 14.3 Å². The van der Waals surface area contributed by atoms with Crippen LogP contribution in [0.3, 0.4) is 0 Å². The molecule has 32 heavy (non-hydrogen) atoms. The molecular formula is C27H31NO3S. The minimum Gasteiger partial charge on any atom is -0.482 e. The van der Waals surface area contributed by atoms with Crippen molar-refractivity contribution in [1.82, 2.24) is 4.90 Å². The molecule has 0 aliphatic carbocycles. The summed E-state index contributed by atoms with van der Waals surface area (Å²) in [6, 6.07) is 19.5. The molecule has 2 heterocycles. The van der Waals surface area contributed by atoms with Crippen molar-refractivity contribution in [3.63, 3.8) is 0 Å². The fourth-order valence-corrected chi connectivity index (χ4v) is 5.31. The number of aryl methyl sites for hydroxylation is 1. The predicted molar refractivity (Wildman–Crippen MR) is 130 cm³/mol. The van der Waals surface area contributed by atoms with Crippen LogP contribution < -0.4 is 4.74 Å².